The molecule has 0 atom stereocenters. The van der Waals surface area contributed by atoms with Gasteiger partial charge in [-0.2, -0.15) is 0 Å². The fourth-order valence-electron chi connectivity index (χ4n) is 0.296. The maximum absolute atomic E-state index is 3.85. The first kappa shape index (κ1) is 3.97. The molecule has 0 N–H and O–H groups in total. The lowest BCUT2D eigenvalue weighted by Gasteiger charge is -1.89. The van der Waals surface area contributed by atoms with Crippen molar-refractivity contribution >= 4 is 17.6 Å². The van der Waals surface area contributed by atoms with Crippen LogP contribution in [0.5, 0.6) is 0 Å². The van der Waals surface area contributed by atoms with Crippen molar-refractivity contribution < 1.29 is 0 Å². The van der Waals surface area contributed by atoms with Gasteiger partial charge in [0.25, 0.3) is 0 Å². The van der Waals surface area contributed by atoms with Crippen LogP contribution in [-0.2, 0) is 0 Å². The van der Waals surface area contributed by atoms with Crippen LogP contribution >= 0.6 is 11.8 Å². The second-order valence-corrected chi connectivity index (χ2v) is 1.98. The van der Waals surface area contributed by atoms with Gasteiger partial charge in [0.05, 0.1) is 6.54 Å². The summed E-state index contributed by atoms with van der Waals surface area (Å²) >= 11 is 1.77. The van der Waals surface area contributed by atoms with E-state index in [-0.39, 0.29) is 0 Å². The first-order valence-electron chi connectivity index (χ1n) is 1.85. The van der Waals surface area contributed by atoms with Crippen LogP contribution in [0.25, 0.3) is 0 Å². The molecular weight excluding hydrogens is 94.1 g/mol. The van der Waals surface area contributed by atoms with Crippen LogP contribution in [0.2, 0.25) is 0 Å². The molecule has 2 heteroatoms. The standard InChI is InChI=1S/C4H5NS/c1-3-6-4-2-5-1/h4H,1,3H2. The van der Waals surface area contributed by atoms with Gasteiger partial charge in [-0.15, -0.1) is 11.8 Å². The van der Waals surface area contributed by atoms with E-state index in [0.717, 1.165) is 12.3 Å². The summed E-state index contributed by atoms with van der Waals surface area (Å²) in [5.41, 5.74) is 0. The molecule has 0 bridgehead atoms. The quantitative estimate of drug-likeness (QED) is 0.440. The molecule has 6 heavy (non-hydrogen) atoms. The minimum Gasteiger partial charge on any atom is -0.242 e. The molecule has 1 aliphatic heterocycles. The van der Waals surface area contributed by atoms with E-state index in [1.807, 2.05) is 5.41 Å². The SMILES string of the molecule is C1=CSCCN=1. The predicted molar refractivity (Wildman–Crippen MR) is 29.3 cm³/mol. The van der Waals surface area contributed by atoms with E-state index in [1.165, 1.54) is 0 Å². The van der Waals surface area contributed by atoms with Crippen LogP contribution in [0.15, 0.2) is 10.4 Å². The first-order valence-corrected chi connectivity index (χ1v) is 2.90. The Labute approximate surface area is 41.2 Å². The van der Waals surface area contributed by atoms with Gasteiger partial charge in [0.15, 0.2) is 0 Å². The minimum atomic E-state index is 0.946. The lowest BCUT2D eigenvalue weighted by molar-refractivity contribution is 1.16. The average Bonchev–Trinajstić information content (AvgIpc) is 1.72. The summed E-state index contributed by atoms with van der Waals surface area (Å²) in [5.74, 6) is 3.88. The molecular formula is C4H5NS. The molecule has 1 heterocycles. The summed E-state index contributed by atoms with van der Waals surface area (Å²) in [7, 11) is 0. The van der Waals surface area contributed by atoms with Crippen molar-refractivity contribution in [1.29, 1.82) is 0 Å². The topological polar surface area (TPSA) is 12.4 Å². The van der Waals surface area contributed by atoms with E-state index in [0.29, 0.717) is 0 Å². The molecule has 0 unspecified atom stereocenters. The predicted octanol–water partition coefficient (Wildman–Crippen LogP) is 0.917. The lowest BCUT2D eigenvalue weighted by Crippen LogP contribution is -1.84. The van der Waals surface area contributed by atoms with Crippen molar-refractivity contribution in [3.63, 3.8) is 0 Å². The third-order valence-corrected chi connectivity index (χ3v) is 1.24. The molecule has 0 radical (unpaired) electrons. The number of hydrogen-bond donors (Lipinski definition) is 0. The highest BCUT2D eigenvalue weighted by Gasteiger charge is 1.82. The summed E-state index contributed by atoms with van der Waals surface area (Å²) in [6, 6.07) is 0. The number of rotatable bonds is 0. The van der Waals surface area contributed by atoms with Gasteiger partial charge in [-0.25, -0.2) is 4.99 Å². The minimum absolute atomic E-state index is 0.946. The molecule has 0 saturated carbocycles. The Morgan fingerprint density at radius 3 is 3.00 bits per heavy atom. The number of hydrogen-bond acceptors (Lipinski definition) is 2. The van der Waals surface area contributed by atoms with Crippen LogP contribution in [0.4, 0.5) is 0 Å². The van der Waals surface area contributed by atoms with E-state index in [2.05, 4.69) is 10.9 Å². The second kappa shape index (κ2) is 2.06. The normalized spacial score (nSPS) is 18.7. The van der Waals surface area contributed by atoms with Crippen molar-refractivity contribution in [2.45, 2.75) is 0 Å². The molecule has 0 spiro atoms. The van der Waals surface area contributed by atoms with Gasteiger partial charge in [-0.1, -0.05) is 0 Å². The highest BCUT2D eigenvalue weighted by molar-refractivity contribution is 8.02. The Morgan fingerprint density at radius 1 is 1.83 bits per heavy atom. The van der Waals surface area contributed by atoms with E-state index < -0.39 is 0 Å². The van der Waals surface area contributed by atoms with Gasteiger partial charge in [-0.05, 0) is 5.87 Å². The zero-order valence-corrected chi connectivity index (χ0v) is 4.16. The largest absolute Gasteiger partial charge is 0.242 e. The van der Waals surface area contributed by atoms with Gasteiger partial charge in [0.1, 0.15) is 0 Å². The van der Waals surface area contributed by atoms with Crippen LogP contribution in [0, 0.1) is 0 Å². The van der Waals surface area contributed by atoms with Gasteiger partial charge in [0.2, 0.25) is 0 Å². The number of aliphatic imine (C=N–C) groups is 1. The Kier molecular flexibility index (Phi) is 1.36. The van der Waals surface area contributed by atoms with Gasteiger partial charge in [0, 0.05) is 11.2 Å². The molecule has 1 nitrogen and oxygen atoms in total. The molecule has 0 aromatic rings. The molecule has 0 aromatic carbocycles. The Balaban J connectivity index is 2.53. The van der Waals surface area contributed by atoms with Gasteiger partial charge < -0.3 is 0 Å². The van der Waals surface area contributed by atoms with Gasteiger partial charge >= 0.3 is 0 Å². The lowest BCUT2D eigenvalue weighted by atomic mass is 10.8. The van der Waals surface area contributed by atoms with Crippen molar-refractivity contribution in [3.8, 4) is 0 Å². The van der Waals surface area contributed by atoms with Crippen molar-refractivity contribution in [2.75, 3.05) is 12.3 Å². The van der Waals surface area contributed by atoms with Crippen LogP contribution in [-0.4, -0.2) is 18.2 Å². The number of nitrogens with zero attached hydrogens (tertiary/aromatic N) is 1. The van der Waals surface area contributed by atoms with E-state index >= 15 is 0 Å². The fourth-order valence-corrected chi connectivity index (χ4v) is 0.760. The third kappa shape index (κ3) is 0.886. The van der Waals surface area contributed by atoms with Crippen LogP contribution in [0.3, 0.4) is 0 Å². The molecule has 0 fully saturated rings. The van der Waals surface area contributed by atoms with Gasteiger partial charge in [-0.3, -0.25) is 0 Å². The molecule has 0 aliphatic carbocycles. The second-order valence-electron chi connectivity index (χ2n) is 0.999. The van der Waals surface area contributed by atoms with Crippen molar-refractivity contribution in [3.05, 3.63) is 5.41 Å². The summed E-state index contributed by atoms with van der Waals surface area (Å²) in [6.45, 7) is 0.946. The Hall–Kier alpha value is -0.200. The zero-order valence-electron chi connectivity index (χ0n) is 3.35. The molecule has 32 valence electrons. The van der Waals surface area contributed by atoms with Crippen LogP contribution < -0.4 is 0 Å². The molecule has 1 rings (SSSR count). The summed E-state index contributed by atoms with van der Waals surface area (Å²) in [6.07, 6.45) is 0. The van der Waals surface area contributed by atoms with Crippen molar-refractivity contribution in [2.24, 2.45) is 4.99 Å². The molecule has 0 saturated heterocycles. The molecule has 0 amide bonds. The molecule has 1 aliphatic rings. The van der Waals surface area contributed by atoms with Crippen LogP contribution in [0.1, 0.15) is 0 Å². The number of thioether (sulfide) groups is 1. The Morgan fingerprint density at radius 2 is 2.83 bits per heavy atom. The Bertz CT molecular complexity index is 83.7. The first-order chi connectivity index (χ1) is 3.00. The van der Waals surface area contributed by atoms with E-state index in [1.54, 1.807) is 11.8 Å². The smallest absolute Gasteiger partial charge is 0.0578 e. The highest BCUT2D eigenvalue weighted by Crippen LogP contribution is 2.00. The van der Waals surface area contributed by atoms with Crippen molar-refractivity contribution in [1.82, 2.24) is 0 Å². The third-order valence-electron chi connectivity index (χ3n) is 0.548. The average molecular weight is 99.2 g/mol. The maximum atomic E-state index is 3.85. The van der Waals surface area contributed by atoms with E-state index in [4.69, 9.17) is 0 Å². The zero-order chi connectivity index (χ0) is 4.24. The maximum Gasteiger partial charge on any atom is 0.0578 e. The summed E-state index contributed by atoms with van der Waals surface area (Å²) in [4.78, 5) is 3.85. The molecule has 0 aromatic heterocycles. The monoisotopic (exact) mass is 99.0 g/mol. The fraction of sp³-hybridized carbons (Fsp3) is 0.500. The summed E-state index contributed by atoms with van der Waals surface area (Å²) in [5, 5.41) is 1.89. The highest BCUT2D eigenvalue weighted by atomic mass is 32.2. The summed E-state index contributed by atoms with van der Waals surface area (Å²) < 4.78 is 0. The van der Waals surface area contributed by atoms with E-state index in [9.17, 15) is 0 Å².